The Kier molecular flexibility index (Phi) is 4.07. The molecule has 0 saturated carbocycles. The van der Waals surface area contributed by atoms with E-state index < -0.39 is 11.0 Å². The first-order valence-corrected chi connectivity index (χ1v) is 6.20. The molecule has 0 aromatic carbocycles. The molecular weight excluding hydrogens is 242 g/mol. The summed E-state index contributed by atoms with van der Waals surface area (Å²) in [4.78, 5) is 24.7. The fraction of sp³-hybridized carbons (Fsp3) is 0.833. The highest BCUT2D eigenvalue weighted by Gasteiger charge is 2.37. The van der Waals surface area contributed by atoms with Gasteiger partial charge in [-0.1, -0.05) is 6.92 Å². The van der Waals surface area contributed by atoms with Crippen molar-refractivity contribution in [2.45, 2.75) is 46.1 Å². The summed E-state index contributed by atoms with van der Waals surface area (Å²) in [5.41, 5.74) is -0.986. The van der Waals surface area contributed by atoms with E-state index in [4.69, 9.17) is 16.3 Å². The van der Waals surface area contributed by atoms with E-state index in [1.54, 1.807) is 4.90 Å². The van der Waals surface area contributed by atoms with E-state index in [2.05, 4.69) is 0 Å². The molecule has 1 heterocycles. The molecule has 0 radical (unpaired) electrons. The molecule has 0 spiro atoms. The highest BCUT2D eigenvalue weighted by Crippen LogP contribution is 2.33. The topological polar surface area (TPSA) is 46.6 Å². The molecule has 1 saturated heterocycles. The van der Waals surface area contributed by atoms with Crippen molar-refractivity contribution in [1.29, 1.82) is 0 Å². The molecule has 0 bridgehead atoms. The van der Waals surface area contributed by atoms with Gasteiger partial charge in [-0.2, -0.15) is 0 Å². The lowest BCUT2D eigenvalue weighted by Gasteiger charge is -2.37. The molecule has 0 atom stereocenters. The predicted molar refractivity (Wildman–Crippen MR) is 66.0 cm³/mol. The van der Waals surface area contributed by atoms with Crippen LogP contribution in [-0.2, 0) is 9.53 Å². The number of hydrogen-bond donors (Lipinski definition) is 0. The third-order valence-corrected chi connectivity index (χ3v) is 3.45. The molecule has 5 heteroatoms. The van der Waals surface area contributed by atoms with E-state index in [0.717, 1.165) is 0 Å². The van der Waals surface area contributed by atoms with Crippen molar-refractivity contribution < 1.29 is 14.3 Å². The van der Waals surface area contributed by atoms with Crippen LogP contribution in [0.1, 0.15) is 40.5 Å². The number of halogens is 1. The van der Waals surface area contributed by atoms with Crippen LogP contribution in [0, 0.1) is 5.41 Å². The van der Waals surface area contributed by atoms with Crippen LogP contribution < -0.4 is 0 Å². The van der Waals surface area contributed by atoms with Gasteiger partial charge in [-0.05, 0) is 45.2 Å². The summed E-state index contributed by atoms with van der Waals surface area (Å²) in [5.74, 6) is 0. The molecule has 17 heavy (non-hydrogen) atoms. The Morgan fingerprint density at radius 3 is 2.06 bits per heavy atom. The van der Waals surface area contributed by atoms with Crippen LogP contribution in [0.3, 0.4) is 0 Å². The Balaban J connectivity index is 2.53. The molecule has 0 N–H and O–H groups in total. The van der Waals surface area contributed by atoms with Gasteiger partial charge in [0.15, 0.2) is 0 Å². The lowest BCUT2D eigenvalue weighted by Crippen LogP contribution is -2.46. The zero-order chi connectivity index (χ0) is 13.3. The zero-order valence-corrected chi connectivity index (χ0v) is 11.6. The molecule has 98 valence electrons. The Labute approximate surface area is 107 Å². The maximum absolute atomic E-state index is 11.8. The SMILES string of the molecule is CC(C)(C)OC(=O)N1CCC(C)(C(=O)Cl)CC1. The van der Waals surface area contributed by atoms with Crippen LogP contribution >= 0.6 is 11.6 Å². The van der Waals surface area contributed by atoms with Crippen LogP contribution in [0.25, 0.3) is 0 Å². The van der Waals surface area contributed by atoms with Crippen LogP contribution in [0.2, 0.25) is 0 Å². The lowest BCUT2D eigenvalue weighted by atomic mass is 9.82. The van der Waals surface area contributed by atoms with Gasteiger partial charge in [-0.3, -0.25) is 4.79 Å². The fourth-order valence-corrected chi connectivity index (χ4v) is 1.89. The first kappa shape index (κ1) is 14.3. The summed E-state index contributed by atoms with van der Waals surface area (Å²) in [7, 11) is 0. The van der Waals surface area contributed by atoms with Crippen molar-refractivity contribution in [2.75, 3.05) is 13.1 Å². The van der Waals surface area contributed by atoms with Crippen molar-refractivity contribution in [3.05, 3.63) is 0 Å². The highest BCUT2D eigenvalue weighted by molar-refractivity contribution is 6.64. The molecule has 1 amide bonds. The van der Waals surface area contributed by atoms with E-state index in [-0.39, 0.29) is 11.3 Å². The van der Waals surface area contributed by atoms with E-state index >= 15 is 0 Å². The molecule has 0 aromatic heterocycles. The maximum Gasteiger partial charge on any atom is 0.410 e. The Bertz CT molecular complexity index is 314. The van der Waals surface area contributed by atoms with E-state index in [1.165, 1.54) is 0 Å². The second kappa shape index (κ2) is 4.84. The largest absolute Gasteiger partial charge is 0.444 e. The van der Waals surface area contributed by atoms with Gasteiger partial charge in [0, 0.05) is 18.5 Å². The van der Waals surface area contributed by atoms with Gasteiger partial charge in [0.05, 0.1) is 0 Å². The van der Waals surface area contributed by atoms with E-state index in [1.807, 2.05) is 27.7 Å². The van der Waals surface area contributed by atoms with Gasteiger partial charge < -0.3 is 9.64 Å². The van der Waals surface area contributed by atoms with Crippen LogP contribution in [0.4, 0.5) is 4.79 Å². The van der Waals surface area contributed by atoms with Crippen LogP contribution in [-0.4, -0.2) is 34.9 Å². The minimum atomic E-state index is -0.500. The average molecular weight is 262 g/mol. The molecule has 1 aliphatic rings. The van der Waals surface area contributed by atoms with Crippen molar-refractivity contribution in [1.82, 2.24) is 4.90 Å². The molecule has 0 aliphatic carbocycles. The van der Waals surface area contributed by atoms with Crippen molar-refractivity contribution in [3.8, 4) is 0 Å². The molecule has 1 rings (SSSR count). The van der Waals surface area contributed by atoms with Crippen molar-refractivity contribution >= 4 is 22.9 Å². The minimum absolute atomic E-state index is 0.318. The Hall–Kier alpha value is -0.770. The monoisotopic (exact) mass is 261 g/mol. The van der Waals surface area contributed by atoms with Gasteiger partial charge in [0.1, 0.15) is 5.60 Å². The van der Waals surface area contributed by atoms with E-state index in [0.29, 0.717) is 25.9 Å². The number of carbonyl (C=O) groups is 2. The quantitative estimate of drug-likeness (QED) is 0.682. The second-order valence-electron chi connectivity index (χ2n) is 5.80. The average Bonchev–Trinajstić information content (AvgIpc) is 2.15. The standard InChI is InChI=1S/C12H20ClNO3/c1-11(2,3)17-10(16)14-7-5-12(4,6-8-14)9(13)15/h5-8H2,1-4H3. The number of amides is 1. The maximum atomic E-state index is 11.8. The molecule has 4 nitrogen and oxygen atoms in total. The summed E-state index contributed by atoms with van der Waals surface area (Å²) >= 11 is 5.56. The van der Waals surface area contributed by atoms with Gasteiger partial charge in [0.2, 0.25) is 5.24 Å². The minimum Gasteiger partial charge on any atom is -0.444 e. The van der Waals surface area contributed by atoms with Gasteiger partial charge in [-0.25, -0.2) is 4.79 Å². The number of carbonyl (C=O) groups excluding carboxylic acids is 2. The normalized spacial score (nSPS) is 19.9. The van der Waals surface area contributed by atoms with Crippen molar-refractivity contribution in [2.24, 2.45) is 5.41 Å². The first-order valence-electron chi connectivity index (χ1n) is 5.82. The van der Waals surface area contributed by atoms with E-state index in [9.17, 15) is 9.59 Å². The summed E-state index contributed by atoms with van der Waals surface area (Å²) in [6, 6.07) is 0. The predicted octanol–water partition coefficient (Wildman–Crippen LogP) is 2.79. The third-order valence-electron chi connectivity index (χ3n) is 2.99. The molecule has 1 aliphatic heterocycles. The van der Waals surface area contributed by atoms with Gasteiger partial charge in [-0.15, -0.1) is 0 Å². The molecule has 0 aromatic rings. The number of piperidine rings is 1. The molecular formula is C12H20ClNO3. The van der Waals surface area contributed by atoms with Gasteiger partial charge in [0.25, 0.3) is 0 Å². The molecule has 0 unspecified atom stereocenters. The number of nitrogens with zero attached hydrogens (tertiary/aromatic N) is 1. The zero-order valence-electron chi connectivity index (χ0n) is 10.9. The first-order chi connectivity index (χ1) is 7.64. The van der Waals surface area contributed by atoms with Crippen LogP contribution in [0.15, 0.2) is 0 Å². The summed E-state index contributed by atoms with van der Waals surface area (Å²) in [6.45, 7) is 8.38. The Morgan fingerprint density at radius 1 is 1.24 bits per heavy atom. The van der Waals surface area contributed by atoms with Crippen LogP contribution in [0.5, 0.6) is 0 Å². The Morgan fingerprint density at radius 2 is 1.71 bits per heavy atom. The molecule has 1 fully saturated rings. The summed E-state index contributed by atoms with van der Waals surface area (Å²) in [6.07, 6.45) is 0.866. The second-order valence-corrected chi connectivity index (χ2v) is 6.15. The van der Waals surface area contributed by atoms with Gasteiger partial charge >= 0.3 is 6.09 Å². The smallest absolute Gasteiger partial charge is 0.410 e. The third kappa shape index (κ3) is 3.87. The fourth-order valence-electron chi connectivity index (χ4n) is 1.71. The number of hydrogen-bond acceptors (Lipinski definition) is 3. The summed E-state index contributed by atoms with van der Waals surface area (Å²) < 4.78 is 5.27. The number of rotatable bonds is 1. The number of likely N-dealkylation sites (tertiary alicyclic amines) is 1. The van der Waals surface area contributed by atoms with Crippen molar-refractivity contribution in [3.63, 3.8) is 0 Å². The summed E-state index contributed by atoms with van der Waals surface area (Å²) in [5, 5.41) is -0.318. The highest BCUT2D eigenvalue weighted by atomic mass is 35.5. The number of ether oxygens (including phenoxy) is 1. The lowest BCUT2D eigenvalue weighted by molar-refractivity contribution is -0.122.